The van der Waals surface area contributed by atoms with Gasteiger partial charge in [0.25, 0.3) is 11.5 Å². The molecule has 1 unspecified atom stereocenters. The van der Waals surface area contributed by atoms with Gasteiger partial charge in [-0.2, -0.15) is 8.78 Å². The molecule has 210 valence electrons. The van der Waals surface area contributed by atoms with Gasteiger partial charge in [-0.25, -0.2) is 0 Å². The summed E-state index contributed by atoms with van der Waals surface area (Å²) in [5.41, 5.74) is 2.03. The van der Waals surface area contributed by atoms with Crippen molar-refractivity contribution in [2.24, 2.45) is 11.8 Å². The van der Waals surface area contributed by atoms with Gasteiger partial charge in [-0.05, 0) is 79.3 Å². The molecule has 3 aromatic rings. The lowest BCUT2D eigenvalue weighted by Gasteiger charge is -2.20. The predicted molar refractivity (Wildman–Crippen MR) is 145 cm³/mol. The van der Waals surface area contributed by atoms with E-state index < -0.39 is 18.4 Å². The molecule has 2 aromatic carbocycles. The van der Waals surface area contributed by atoms with E-state index in [1.807, 2.05) is 37.3 Å². The first-order valence-electron chi connectivity index (χ1n) is 13.2. The fourth-order valence-electron chi connectivity index (χ4n) is 5.20. The zero-order valence-electron chi connectivity index (χ0n) is 22.3. The number of hydrogen-bond donors (Lipinski definition) is 1. The average Bonchev–Trinajstić information content (AvgIpc) is 3.71. The molecule has 1 aliphatic heterocycles. The minimum Gasteiger partial charge on any atom is -0.497 e. The number of benzene rings is 2. The summed E-state index contributed by atoms with van der Waals surface area (Å²) in [5.74, 6) is -0.508. The molecule has 40 heavy (non-hydrogen) atoms. The van der Waals surface area contributed by atoms with Gasteiger partial charge in [-0.3, -0.25) is 14.4 Å². The number of anilines is 1. The third-order valence-electron chi connectivity index (χ3n) is 7.58. The van der Waals surface area contributed by atoms with Crippen LogP contribution in [-0.2, 0) is 11.3 Å². The van der Waals surface area contributed by atoms with Crippen LogP contribution in [-0.4, -0.2) is 43.2 Å². The molecule has 2 amide bonds. The van der Waals surface area contributed by atoms with Crippen molar-refractivity contribution < 1.29 is 27.8 Å². The van der Waals surface area contributed by atoms with Crippen LogP contribution in [0, 0.1) is 18.8 Å². The lowest BCUT2D eigenvalue weighted by Crippen LogP contribution is -2.38. The summed E-state index contributed by atoms with van der Waals surface area (Å²) in [6.45, 7) is -0.185. The number of amides is 2. The highest BCUT2D eigenvalue weighted by Crippen LogP contribution is 2.37. The van der Waals surface area contributed by atoms with Crippen molar-refractivity contribution in [1.29, 1.82) is 0 Å². The van der Waals surface area contributed by atoms with E-state index >= 15 is 0 Å². The normalized spacial score (nSPS) is 18.7. The number of carbonyl (C=O) groups excluding carboxylic acids is 2. The highest BCUT2D eigenvalue weighted by molar-refractivity contribution is 6.00. The van der Waals surface area contributed by atoms with Crippen molar-refractivity contribution in [1.82, 2.24) is 9.88 Å². The number of pyridine rings is 1. The Kier molecular flexibility index (Phi) is 7.86. The summed E-state index contributed by atoms with van der Waals surface area (Å²) in [7, 11) is 1.57. The monoisotopic (exact) mass is 551 g/mol. The molecule has 8 nitrogen and oxygen atoms in total. The summed E-state index contributed by atoms with van der Waals surface area (Å²) in [5, 5.41) is 2.82. The molecule has 1 aromatic heterocycles. The van der Waals surface area contributed by atoms with E-state index in [1.165, 1.54) is 24.3 Å². The van der Waals surface area contributed by atoms with Gasteiger partial charge in [0.05, 0.1) is 13.0 Å². The number of ether oxygens (including phenoxy) is 2. The van der Waals surface area contributed by atoms with Crippen molar-refractivity contribution in [3.63, 3.8) is 0 Å². The predicted octanol–water partition coefficient (Wildman–Crippen LogP) is 4.35. The number of carbonyl (C=O) groups is 2. The van der Waals surface area contributed by atoms with Gasteiger partial charge in [0, 0.05) is 37.3 Å². The highest BCUT2D eigenvalue weighted by atomic mass is 19.3. The zero-order valence-corrected chi connectivity index (χ0v) is 22.3. The fourth-order valence-corrected chi connectivity index (χ4v) is 5.20. The second-order valence-electron chi connectivity index (χ2n) is 10.3. The van der Waals surface area contributed by atoms with Crippen LogP contribution < -0.4 is 25.2 Å². The number of methoxy groups -OCH3 is 1. The van der Waals surface area contributed by atoms with Crippen molar-refractivity contribution >= 4 is 17.5 Å². The first-order valence-corrected chi connectivity index (χ1v) is 13.2. The van der Waals surface area contributed by atoms with Crippen molar-refractivity contribution in [3.8, 4) is 11.5 Å². The summed E-state index contributed by atoms with van der Waals surface area (Å²) < 4.78 is 36.2. The summed E-state index contributed by atoms with van der Waals surface area (Å²) in [6, 6.07) is 14.6. The van der Waals surface area contributed by atoms with Crippen molar-refractivity contribution in [2.75, 3.05) is 25.1 Å². The van der Waals surface area contributed by atoms with E-state index in [1.54, 1.807) is 22.8 Å². The maximum absolute atomic E-state index is 13.9. The molecule has 5 rings (SSSR count). The van der Waals surface area contributed by atoms with Gasteiger partial charge in [0.1, 0.15) is 17.2 Å². The third kappa shape index (κ3) is 5.85. The number of halogens is 2. The van der Waals surface area contributed by atoms with Gasteiger partial charge in [-0.1, -0.05) is 12.1 Å². The highest BCUT2D eigenvalue weighted by Gasteiger charge is 2.43. The summed E-state index contributed by atoms with van der Waals surface area (Å²) in [6.07, 6.45) is 3.99. The number of nitrogens with one attached hydrogen (secondary N) is 1. The van der Waals surface area contributed by atoms with Crippen LogP contribution in [0.5, 0.6) is 11.5 Å². The molecule has 0 radical (unpaired) electrons. The molecule has 2 fully saturated rings. The molecule has 10 heteroatoms. The van der Waals surface area contributed by atoms with Gasteiger partial charge >= 0.3 is 6.61 Å². The second kappa shape index (κ2) is 11.5. The Hall–Kier alpha value is -4.21. The third-order valence-corrected chi connectivity index (χ3v) is 7.58. The molecular formula is C30H31F2N3O5. The van der Waals surface area contributed by atoms with Crippen molar-refractivity contribution in [3.05, 3.63) is 87.8 Å². The number of aryl methyl sites for hydroxylation is 1. The van der Waals surface area contributed by atoms with Crippen LogP contribution in [0.3, 0.4) is 0 Å². The maximum atomic E-state index is 13.9. The number of hydrogen-bond acceptors (Lipinski definition) is 5. The number of rotatable bonds is 10. The van der Waals surface area contributed by atoms with Crippen LogP contribution in [0.25, 0.3) is 0 Å². The molecule has 1 N–H and O–H groups in total. The number of nitrogens with zero attached hydrogens (tertiary/aromatic N) is 2. The van der Waals surface area contributed by atoms with Gasteiger partial charge in [0.2, 0.25) is 5.91 Å². The fraction of sp³-hybridized carbons (Fsp3) is 0.367. The lowest BCUT2D eigenvalue weighted by molar-refractivity contribution is -0.120. The van der Waals surface area contributed by atoms with E-state index in [9.17, 15) is 23.2 Å². The standard InChI is InChI=1S/C30H31F2N3O5/c1-18-13-14-34(16-19-3-4-19)29(38)26(18)35-17-25(20-5-9-22(39-2)10-6-20)24(28(35)37)15-33-27(36)21-7-11-23(12-8-21)40-30(31)32/h5-14,19,24-25,30H,3-4,15-17H2,1-2H3,(H,33,36)/t24?,25-/m0/s1. The summed E-state index contributed by atoms with van der Waals surface area (Å²) >= 11 is 0. The number of alkyl halides is 2. The molecule has 1 saturated carbocycles. The Morgan fingerprint density at radius 2 is 1.70 bits per heavy atom. The Labute approximate surface area is 230 Å². The van der Waals surface area contributed by atoms with Gasteiger partial charge in [-0.15, -0.1) is 0 Å². The van der Waals surface area contributed by atoms with Crippen LogP contribution in [0.2, 0.25) is 0 Å². The summed E-state index contributed by atoms with van der Waals surface area (Å²) in [4.78, 5) is 41.8. The molecule has 2 aliphatic rings. The minimum atomic E-state index is -2.96. The largest absolute Gasteiger partial charge is 0.497 e. The topological polar surface area (TPSA) is 89.9 Å². The molecule has 2 atom stereocenters. The quantitative estimate of drug-likeness (QED) is 0.405. The van der Waals surface area contributed by atoms with E-state index in [4.69, 9.17) is 4.74 Å². The van der Waals surface area contributed by atoms with E-state index in [2.05, 4.69) is 10.1 Å². The van der Waals surface area contributed by atoms with Crippen LogP contribution in [0.1, 0.15) is 40.2 Å². The SMILES string of the molecule is COc1ccc([C@@H]2CN(c3c(C)ccn(CC4CC4)c3=O)C(=O)C2CNC(=O)c2ccc(OC(F)F)cc2)cc1. The Morgan fingerprint density at radius 1 is 1.02 bits per heavy atom. The van der Waals surface area contributed by atoms with Gasteiger partial charge in [0.15, 0.2) is 0 Å². The Morgan fingerprint density at radius 3 is 2.33 bits per heavy atom. The molecule has 2 heterocycles. The van der Waals surface area contributed by atoms with Crippen molar-refractivity contribution in [2.45, 2.75) is 38.8 Å². The Balaban J connectivity index is 1.40. The Bertz CT molecular complexity index is 1440. The van der Waals surface area contributed by atoms with Gasteiger partial charge < -0.3 is 24.3 Å². The van der Waals surface area contributed by atoms with E-state index in [-0.39, 0.29) is 41.8 Å². The number of aromatic nitrogens is 1. The zero-order chi connectivity index (χ0) is 28.4. The molecular weight excluding hydrogens is 520 g/mol. The minimum absolute atomic E-state index is 0.0301. The first-order chi connectivity index (χ1) is 19.2. The van der Waals surface area contributed by atoms with E-state index in [0.29, 0.717) is 23.9 Å². The lowest BCUT2D eigenvalue weighted by atomic mass is 9.88. The smallest absolute Gasteiger partial charge is 0.387 e. The van der Waals surface area contributed by atoms with Crippen LogP contribution >= 0.6 is 0 Å². The van der Waals surface area contributed by atoms with Crippen LogP contribution in [0.4, 0.5) is 14.5 Å². The van der Waals surface area contributed by atoms with E-state index in [0.717, 1.165) is 24.0 Å². The molecule has 1 aliphatic carbocycles. The second-order valence-corrected chi connectivity index (χ2v) is 10.3. The molecule has 0 spiro atoms. The average molecular weight is 552 g/mol. The molecule has 1 saturated heterocycles. The van der Waals surface area contributed by atoms with Crippen LogP contribution in [0.15, 0.2) is 65.6 Å². The first kappa shape index (κ1) is 27.4. The molecule has 0 bridgehead atoms. The maximum Gasteiger partial charge on any atom is 0.387 e.